The Balaban J connectivity index is 1.95. The number of amides is 2. The number of rotatable bonds is 11. The molecule has 184 valence electrons. The Morgan fingerprint density at radius 1 is 0.971 bits per heavy atom. The highest BCUT2D eigenvalue weighted by Gasteiger charge is 2.31. The molecule has 0 saturated heterocycles. The molecule has 0 radical (unpaired) electrons. The van der Waals surface area contributed by atoms with Crippen molar-refractivity contribution in [3.05, 3.63) is 99.8 Å². The Bertz CT molecular complexity index is 1120. The van der Waals surface area contributed by atoms with Crippen LogP contribution in [0.3, 0.4) is 0 Å². The van der Waals surface area contributed by atoms with Crippen LogP contribution in [0.1, 0.15) is 24.5 Å². The van der Waals surface area contributed by atoms with Gasteiger partial charge in [0.2, 0.25) is 5.91 Å². The predicted octanol–water partition coefficient (Wildman–Crippen LogP) is 5.68. The number of hydrogen-bond acceptors (Lipinski definition) is 3. The van der Waals surface area contributed by atoms with Crippen molar-refractivity contribution in [1.29, 1.82) is 0 Å². The summed E-state index contributed by atoms with van der Waals surface area (Å²) >= 11 is 12.8. The summed E-state index contributed by atoms with van der Waals surface area (Å²) in [7, 11) is 0. The normalized spacial score (nSPS) is 11.5. The standard InChI is InChI=1S/C27H27Cl2FN2O3/c1-2-15-31-27(34)24(16-19-9-4-3-5-10-19)32(17-20-21(28)11-8-12-22(20)29)26(33)18-35-25-14-7-6-13-23(25)30/h3-14,24H,2,15-18H2,1H3,(H,31,34). The van der Waals surface area contributed by atoms with Gasteiger partial charge in [0.25, 0.3) is 5.91 Å². The van der Waals surface area contributed by atoms with Gasteiger partial charge < -0.3 is 15.0 Å². The zero-order chi connectivity index (χ0) is 25.2. The molecule has 0 heterocycles. The number of carbonyl (C=O) groups is 2. The third kappa shape index (κ3) is 7.44. The molecule has 1 atom stereocenters. The summed E-state index contributed by atoms with van der Waals surface area (Å²) in [6, 6.07) is 19.4. The van der Waals surface area contributed by atoms with Gasteiger partial charge >= 0.3 is 0 Å². The Kier molecular flexibility index (Phi) is 9.94. The van der Waals surface area contributed by atoms with E-state index in [0.717, 1.165) is 12.0 Å². The van der Waals surface area contributed by atoms with Crippen LogP contribution in [0.25, 0.3) is 0 Å². The van der Waals surface area contributed by atoms with E-state index in [-0.39, 0.29) is 24.6 Å². The molecule has 2 amide bonds. The van der Waals surface area contributed by atoms with Crippen LogP contribution >= 0.6 is 23.2 Å². The van der Waals surface area contributed by atoms with E-state index in [0.29, 0.717) is 22.2 Å². The van der Waals surface area contributed by atoms with Crippen LogP contribution in [-0.2, 0) is 22.6 Å². The van der Waals surface area contributed by atoms with Crippen molar-refractivity contribution >= 4 is 35.0 Å². The second-order valence-electron chi connectivity index (χ2n) is 7.94. The van der Waals surface area contributed by atoms with Crippen LogP contribution < -0.4 is 10.1 Å². The van der Waals surface area contributed by atoms with Crippen LogP contribution in [0.15, 0.2) is 72.8 Å². The van der Waals surface area contributed by atoms with Gasteiger partial charge in [0.15, 0.2) is 18.2 Å². The number of nitrogens with one attached hydrogen (secondary N) is 1. The molecule has 5 nitrogen and oxygen atoms in total. The quantitative estimate of drug-likeness (QED) is 0.356. The molecule has 8 heteroatoms. The van der Waals surface area contributed by atoms with Crippen molar-refractivity contribution in [2.45, 2.75) is 32.4 Å². The van der Waals surface area contributed by atoms with E-state index in [1.54, 1.807) is 24.3 Å². The third-order valence-electron chi connectivity index (χ3n) is 5.40. The summed E-state index contributed by atoms with van der Waals surface area (Å²) < 4.78 is 19.5. The summed E-state index contributed by atoms with van der Waals surface area (Å²) in [4.78, 5) is 28.1. The highest BCUT2D eigenvalue weighted by molar-refractivity contribution is 6.36. The first-order chi connectivity index (χ1) is 16.9. The molecular formula is C27H27Cl2FN2O3. The minimum Gasteiger partial charge on any atom is -0.481 e. The van der Waals surface area contributed by atoms with E-state index in [1.807, 2.05) is 37.3 Å². The Labute approximate surface area is 214 Å². The summed E-state index contributed by atoms with van der Waals surface area (Å²) in [6.45, 7) is 1.93. The number of carbonyl (C=O) groups excluding carboxylic acids is 2. The number of benzene rings is 3. The van der Waals surface area contributed by atoms with Crippen LogP contribution in [0.5, 0.6) is 5.75 Å². The largest absolute Gasteiger partial charge is 0.481 e. The number of nitrogens with zero attached hydrogens (tertiary/aromatic N) is 1. The maximum absolute atomic E-state index is 14.1. The highest BCUT2D eigenvalue weighted by atomic mass is 35.5. The molecule has 3 rings (SSSR count). The van der Waals surface area contributed by atoms with Gasteiger partial charge in [-0.15, -0.1) is 0 Å². The first-order valence-electron chi connectivity index (χ1n) is 11.3. The molecular weight excluding hydrogens is 490 g/mol. The van der Waals surface area contributed by atoms with Crippen molar-refractivity contribution in [2.24, 2.45) is 0 Å². The van der Waals surface area contributed by atoms with Crippen molar-refractivity contribution in [3.8, 4) is 5.75 Å². The van der Waals surface area contributed by atoms with Crippen molar-refractivity contribution in [2.75, 3.05) is 13.2 Å². The van der Waals surface area contributed by atoms with E-state index >= 15 is 0 Å². The topological polar surface area (TPSA) is 58.6 Å². The number of halogens is 3. The SMILES string of the molecule is CCCNC(=O)C(Cc1ccccc1)N(Cc1c(Cl)cccc1Cl)C(=O)COc1ccccc1F. The summed E-state index contributed by atoms with van der Waals surface area (Å²) in [5, 5.41) is 3.63. The van der Waals surface area contributed by atoms with Gasteiger partial charge in [0.1, 0.15) is 6.04 Å². The first-order valence-corrected chi connectivity index (χ1v) is 12.1. The molecule has 35 heavy (non-hydrogen) atoms. The summed E-state index contributed by atoms with van der Waals surface area (Å²) in [5.74, 6) is -1.44. The van der Waals surface area contributed by atoms with Gasteiger partial charge in [-0.25, -0.2) is 4.39 Å². The minimum absolute atomic E-state index is 0.0188. The zero-order valence-corrected chi connectivity index (χ0v) is 20.9. The van der Waals surface area contributed by atoms with E-state index in [1.165, 1.54) is 23.1 Å². The van der Waals surface area contributed by atoms with Crippen LogP contribution in [-0.4, -0.2) is 35.9 Å². The van der Waals surface area contributed by atoms with Gasteiger partial charge in [-0.1, -0.05) is 78.7 Å². The maximum Gasteiger partial charge on any atom is 0.261 e. The van der Waals surface area contributed by atoms with Gasteiger partial charge in [0, 0.05) is 35.1 Å². The fourth-order valence-corrected chi connectivity index (χ4v) is 4.07. The van der Waals surface area contributed by atoms with Gasteiger partial charge in [-0.2, -0.15) is 0 Å². The zero-order valence-electron chi connectivity index (χ0n) is 19.3. The molecule has 0 aromatic heterocycles. The third-order valence-corrected chi connectivity index (χ3v) is 6.11. The molecule has 0 bridgehead atoms. The number of hydrogen-bond donors (Lipinski definition) is 1. The lowest BCUT2D eigenvalue weighted by atomic mass is 10.0. The number of ether oxygens (including phenoxy) is 1. The predicted molar refractivity (Wildman–Crippen MR) is 136 cm³/mol. The first kappa shape index (κ1) is 26.5. The summed E-state index contributed by atoms with van der Waals surface area (Å²) in [6.07, 6.45) is 1.01. The minimum atomic E-state index is -0.868. The monoisotopic (exact) mass is 516 g/mol. The molecule has 1 unspecified atom stereocenters. The lowest BCUT2D eigenvalue weighted by Crippen LogP contribution is -2.51. The lowest BCUT2D eigenvalue weighted by Gasteiger charge is -2.32. The average molecular weight is 517 g/mol. The summed E-state index contributed by atoms with van der Waals surface area (Å²) in [5.41, 5.74) is 1.39. The van der Waals surface area contributed by atoms with Crippen LogP contribution in [0, 0.1) is 5.82 Å². The molecule has 0 aliphatic rings. The van der Waals surface area contributed by atoms with E-state index in [4.69, 9.17) is 27.9 Å². The molecule has 0 saturated carbocycles. The molecule has 3 aromatic carbocycles. The Morgan fingerprint density at radius 2 is 1.63 bits per heavy atom. The molecule has 0 spiro atoms. The fourth-order valence-electron chi connectivity index (χ4n) is 3.56. The van der Waals surface area contributed by atoms with Crippen LogP contribution in [0.2, 0.25) is 10.0 Å². The van der Waals surface area contributed by atoms with Crippen molar-refractivity contribution < 1.29 is 18.7 Å². The molecule has 0 aliphatic carbocycles. The van der Waals surface area contributed by atoms with E-state index in [2.05, 4.69) is 5.32 Å². The number of para-hydroxylation sites is 1. The molecule has 0 aliphatic heterocycles. The smallest absolute Gasteiger partial charge is 0.261 e. The fraction of sp³-hybridized carbons (Fsp3) is 0.259. The second kappa shape index (κ2) is 13.1. The second-order valence-corrected chi connectivity index (χ2v) is 8.75. The Hall–Kier alpha value is -3.09. The molecule has 0 fully saturated rings. The van der Waals surface area contributed by atoms with Gasteiger partial charge in [-0.3, -0.25) is 9.59 Å². The van der Waals surface area contributed by atoms with Gasteiger partial charge in [-0.05, 0) is 36.2 Å². The lowest BCUT2D eigenvalue weighted by molar-refractivity contribution is -0.142. The van der Waals surface area contributed by atoms with E-state index in [9.17, 15) is 14.0 Å². The van der Waals surface area contributed by atoms with Gasteiger partial charge in [0.05, 0.1) is 0 Å². The maximum atomic E-state index is 14.1. The van der Waals surface area contributed by atoms with E-state index < -0.39 is 24.4 Å². The molecule has 1 N–H and O–H groups in total. The Morgan fingerprint density at radius 3 is 2.29 bits per heavy atom. The van der Waals surface area contributed by atoms with Crippen LogP contribution in [0.4, 0.5) is 4.39 Å². The molecule has 3 aromatic rings. The van der Waals surface area contributed by atoms with Crippen molar-refractivity contribution in [3.63, 3.8) is 0 Å². The average Bonchev–Trinajstić information content (AvgIpc) is 2.86. The van der Waals surface area contributed by atoms with Crippen molar-refractivity contribution in [1.82, 2.24) is 10.2 Å². The highest BCUT2D eigenvalue weighted by Crippen LogP contribution is 2.27.